The van der Waals surface area contributed by atoms with E-state index in [9.17, 15) is 4.79 Å². The monoisotopic (exact) mass is 325 g/mol. The van der Waals surface area contributed by atoms with Gasteiger partial charge in [0.2, 0.25) is 0 Å². The maximum atomic E-state index is 12.4. The Morgan fingerprint density at radius 3 is 2.81 bits per heavy atom. The number of aryl methyl sites for hydroxylation is 1. The molecule has 110 valence electrons. The zero-order valence-corrected chi connectivity index (χ0v) is 12.7. The molecule has 0 aliphatic carbocycles. The number of rotatable bonds is 3. The van der Waals surface area contributed by atoms with E-state index in [0.717, 1.165) is 25.1 Å². The second-order valence-corrected chi connectivity index (χ2v) is 5.55. The van der Waals surface area contributed by atoms with E-state index in [0.29, 0.717) is 28.0 Å². The fraction of sp³-hybridized carbons (Fsp3) is 0.286. The molecule has 0 N–H and O–H groups in total. The van der Waals surface area contributed by atoms with Gasteiger partial charge in [0.15, 0.2) is 0 Å². The zero-order valence-electron chi connectivity index (χ0n) is 11.2. The first kappa shape index (κ1) is 14.2. The minimum atomic E-state index is -0.196. The van der Waals surface area contributed by atoms with Crippen LogP contribution in [0.15, 0.2) is 29.8 Å². The van der Waals surface area contributed by atoms with Gasteiger partial charge in [-0.05, 0) is 18.9 Å². The Hall–Kier alpha value is -1.72. The lowest BCUT2D eigenvalue weighted by Gasteiger charge is -2.09. The summed E-state index contributed by atoms with van der Waals surface area (Å²) in [5.41, 5.74) is 0.253. The molecule has 0 unspecified atom stereocenters. The number of benzene rings is 1. The normalized spacial score (nSPS) is 13.8. The average molecular weight is 326 g/mol. The molecular formula is C14H13Cl2N3O2. The Bertz CT molecular complexity index is 764. The lowest BCUT2D eigenvalue weighted by molar-refractivity contribution is 0.483. The summed E-state index contributed by atoms with van der Waals surface area (Å²) in [6.07, 6.45) is 4.08. The number of aromatic nitrogens is 3. The fourth-order valence-corrected chi connectivity index (χ4v) is 2.93. The Balaban J connectivity index is 2.16. The third kappa shape index (κ3) is 2.47. The topological polar surface area (TPSA) is 49.0 Å². The van der Waals surface area contributed by atoms with E-state index in [1.54, 1.807) is 10.6 Å². The molecule has 1 aromatic carbocycles. The first-order valence-corrected chi connectivity index (χ1v) is 7.33. The van der Waals surface area contributed by atoms with Gasteiger partial charge in [0, 0.05) is 19.0 Å². The van der Waals surface area contributed by atoms with E-state index < -0.39 is 0 Å². The van der Waals surface area contributed by atoms with Crippen LogP contribution < -0.4 is 10.4 Å². The molecule has 21 heavy (non-hydrogen) atoms. The van der Waals surface area contributed by atoms with Gasteiger partial charge in [-0.15, -0.1) is 5.10 Å². The Kier molecular flexibility index (Phi) is 3.78. The van der Waals surface area contributed by atoms with E-state index in [1.165, 1.54) is 17.0 Å². The zero-order chi connectivity index (χ0) is 15.0. The molecule has 0 radical (unpaired) electrons. The van der Waals surface area contributed by atoms with Crippen LogP contribution in [0.1, 0.15) is 18.7 Å². The minimum absolute atomic E-state index is 0.196. The fourth-order valence-electron chi connectivity index (χ4n) is 2.42. The second kappa shape index (κ2) is 5.58. The van der Waals surface area contributed by atoms with Crippen molar-refractivity contribution >= 4 is 23.2 Å². The van der Waals surface area contributed by atoms with Gasteiger partial charge < -0.3 is 4.74 Å². The van der Waals surface area contributed by atoms with Crippen molar-refractivity contribution in [1.82, 2.24) is 14.3 Å². The highest BCUT2D eigenvalue weighted by Crippen LogP contribution is 2.32. The molecular weight excluding hydrogens is 313 g/mol. The third-order valence-corrected chi connectivity index (χ3v) is 4.01. The number of nitrogens with zero attached hydrogens (tertiary/aromatic N) is 3. The van der Waals surface area contributed by atoms with Crippen LogP contribution >= 0.6 is 23.2 Å². The lowest BCUT2D eigenvalue weighted by atomic mass is 10.2. The van der Waals surface area contributed by atoms with Crippen molar-refractivity contribution < 1.29 is 4.74 Å². The van der Waals surface area contributed by atoms with Crippen LogP contribution in [0.3, 0.4) is 0 Å². The summed E-state index contributed by atoms with van der Waals surface area (Å²) < 4.78 is 8.20. The van der Waals surface area contributed by atoms with E-state index >= 15 is 0 Å². The highest BCUT2D eigenvalue weighted by atomic mass is 35.5. The standard InChI is InChI=1S/C14H13Cl2N3O2/c1-2-21-12-8-11(9(15)7-10(12)16)19-14(20)18-6-4-3-5-13(18)17-19/h2,7-8H,1,3-6H2. The van der Waals surface area contributed by atoms with Crippen LogP contribution in [-0.4, -0.2) is 14.3 Å². The van der Waals surface area contributed by atoms with E-state index in [2.05, 4.69) is 11.7 Å². The molecule has 0 saturated heterocycles. The van der Waals surface area contributed by atoms with Crippen molar-refractivity contribution in [2.24, 2.45) is 0 Å². The smallest absolute Gasteiger partial charge is 0.350 e. The molecule has 0 spiro atoms. The maximum absolute atomic E-state index is 12.4. The predicted octanol–water partition coefficient (Wildman–Crippen LogP) is 3.20. The number of ether oxygens (including phenoxy) is 1. The Morgan fingerprint density at radius 1 is 1.29 bits per heavy atom. The van der Waals surface area contributed by atoms with Crippen molar-refractivity contribution in [3.8, 4) is 11.4 Å². The summed E-state index contributed by atoms with van der Waals surface area (Å²) in [5.74, 6) is 1.16. The summed E-state index contributed by atoms with van der Waals surface area (Å²) in [4.78, 5) is 12.4. The molecule has 1 aromatic heterocycles. The van der Waals surface area contributed by atoms with Crippen LogP contribution in [0.4, 0.5) is 0 Å². The number of hydrogen-bond donors (Lipinski definition) is 0. The quantitative estimate of drug-likeness (QED) is 0.814. The lowest BCUT2D eigenvalue weighted by Crippen LogP contribution is -2.26. The van der Waals surface area contributed by atoms with Gasteiger partial charge in [-0.25, -0.2) is 4.79 Å². The largest absolute Gasteiger partial charge is 0.464 e. The number of hydrogen-bond acceptors (Lipinski definition) is 3. The van der Waals surface area contributed by atoms with Gasteiger partial charge in [-0.3, -0.25) is 4.57 Å². The molecule has 5 nitrogen and oxygen atoms in total. The van der Waals surface area contributed by atoms with E-state index in [4.69, 9.17) is 27.9 Å². The van der Waals surface area contributed by atoms with Crippen molar-refractivity contribution in [1.29, 1.82) is 0 Å². The van der Waals surface area contributed by atoms with Gasteiger partial charge in [0.05, 0.1) is 22.0 Å². The average Bonchev–Trinajstić information content (AvgIpc) is 2.80. The van der Waals surface area contributed by atoms with Crippen LogP contribution in [-0.2, 0) is 13.0 Å². The van der Waals surface area contributed by atoms with Gasteiger partial charge in [-0.1, -0.05) is 29.8 Å². The molecule has 2 heterocycles. The van der Waals surface area contributed by atoms with Crippen LogP contribution in [0.2, 0.25) is 10.0 Å². The van der Waals surface area contributed by atoms with Crippen molar-refractivity contribution in [3.05, 3.63) is 51.3 Å². The molecule has 0 atom stereocenters. The van der Waals surface area contributed by atoms with E-state index in [-0.39, 0.29) is 5.69 Å². The number of halogens is 2. The third-order valence-electron chi connectivity index (χ3n) is 3.41. The minimum Gasteiger partial charge on any atom is -0.464 e. The predicted molar refractivity (Wildman–Crippen MR) is 81.6 cm³/mol. The SMILES string of the molecule is C=COc1cc(-n2nc3n(c2=O)CCCC3)c(Cl)cc1Cl. The highest BCUT2D eigenvalue weighted by molar-refractivity contribution is 6.36. The summed E-state index contributed by atoms with van der Waals surface area (Å²) in [6, 6.07) is 3.12. The van der Waals surface area contributed by atoms with Gasteiger partial charge in [-0.2, -0.15) is 4.68 Å². The van der Waals surface area contributed by atoms with Crippen LogP contribution in [0.5, 0.6) is 5.75 Å². The Labute approximate surface area is 131 Å². The number of fused-ring (bicyclic) bond motifs is 1. The first-order chi connectivity index (χ1) is 10.1. The van der Waals surface area contributed by atoms with Gasteiger partial charge in [0.1, 0.15) is 11.6 Å². The molecule has 1 aliphatic heterocycles. The van der Waals surface area contributed by atoms with Crippen molar-refractivity contribution in [3.63, 3.8) is 0 Å². The summed E-state index contributed by atoms with van der Waals surface area (Å²) in [5, 5.41) is 5.06. The van der Waals surface area contributed by atoms with Crippen molar-refractivity contribution in [2.75, 3.05) is 0 Å². The molecule has 2 aromatic rings. The van der Waals surface area contributed by atoms with Crippen LogP contribution in [0, 0.1) is 0 Å². The van der Waals surface area contributed by atoms with E-state index in [1.807, 2.05) is 0 Å². The molecule has 1 aliphatic rings. The summed E-state index contributed by atoms with van der Waals surface area (Å²) in [6.45, 7) is 4.18. The second-order valence-electron chi connectivity index (χ2n) is 4.74. The molecule has 3 rings (SSSR count). The molecule has 0 saturated carbocycles. The molecule has 0 fully saturated rings. The van der Waals surface area contributed by atoms with Crippen LogP contribution in [0.25, 0.3) is 5.69 Å². The van der Waals surface area contributed by atoms with Gasteiger partial charge in [0.25, 0.3) is 0 Å². The Morgan fingerprint density at radius 2 is 2.10 bits per heavy atom. The summed E-state index contributed by atoms with van der Waals surface area (Å²) >= 11 is 12.2. The maximum Gasteiger partial charge on any atom is 0.350 e. The highest BCUT2D eigenvalue weighted by Gasteiger charge is 2.20. The first-order valence-electron chi connectivity index (χ1n) is 6.57. The molecule has 0 amide bonds. The molecule has 0 bridgehead atoms. The summed E-state index contributed by atoms with van der Waals surface area (Å²) in [7, 11) is 0. The van der Waals surface area contributed by atoms with Gasteiger partial charge >= 0.3 is 5.69 Å². The van der Waals surface area contributed by atoms with Crippen molar-refractivity contribution in [2.45, 2.75) is 25.8 Å². The molecule has 7 heteroatoms.